The summed E-state index contributed by atoms with van der Waals surface area (Å²) in [7, 11) is 3.50. The number of aryl methyl sites for hydroxylation is 1. The third-order valence-electron chi connectivity index (χ3n) is 3.43. The van der Waals surface area contributed by atoms with E-state index in [4.69, 9.17) is 11.6 Å². The van der Waals surface area contributed by atoms with Crippen molar-refractivity contribution in [2.75, 3.05) is 20.1 Å². The summed E-state index contributed by atoms with van der Waals surface area (Å²) >= 11 is 5.78. The van der Waals surface area contributed by atoms with Gasteiger partial charge in [0.15, 0.2) is 0 Å². The van der Waals surface area contributed by atoms with E-state index < -0.39 is 6.04 Å². The van der Waals surface area contributed by atoms with E-state index in [-0.39, 0.29) is 24.2 Å². The lowest BCUT2D eigenvalue weighted by atomic mass is 10.1. The molecular formula is C16H21Cl2N5O2. The van der Waals surface area contributed by atoms with Crippen molar-refractivity contribution in [2.45, 2.75) is 6.04 Å². The van der Waals surface area contributed by atoms with E-state index in [0.29, 0.717) is 23.7 Å². The number of nitrogens with zero attached hydrogens (tertiary/aromatic N) is 2. The van der Waals surface area contributed by atoms with Gasteiger partial charge in [0, 0.05) is 42.5 Å². The number of rotatable bonds is 7. The Balaban J connectivity index is 0.00000312. The molecule has 1 aromatic carbocycles. The van der Waals surface area contributed by atoms with Crippen LogP contribution in [0.1, 0.15) is 22.0 Å². The molecule has 0 aliphatic rings. The van der Waals surface area contributed by atoms with Gasteiger partial charge in [-0.25, -0.2) is 0 Å². The van der Waals surface area contributed by atoms with Crippen LogP contribution in [0.5, 0.6) is 0 Å². The van der Waals surface area contributed by atoms with Gasteiger partial charge in [0.1, 0.15) is 6.04 Å². The van der Waals surface area contributed by atoms with Gasteiger partial charge in [-0.2, -0.15) is 5.10 Å². The van der Waals surface area contributed by atoms with Crippen LogP contribution in [0.4, 0.5) is 0 Å². The molecule has 2 amide bonds. The van der Waals surface area contributed by atoms with E-state index in [1.165, 1.54) is 0 Å². The fraction of sp³-hybridized carbons (Fsp3) is 0.312. The van der Waals surface area contributed by atoms with Crippen LogP contribution in [0, 0.1) is 0 Å². The molecule has 0 aliphatic carbocycles. The van der Waals surface area contributed by atoms with Gasteiger partial charge >= 0.3 is 0 Å². The van der Waals surface area contributed by atoms with E-state index in [9.17, 15) is 9.59 Å². The number of carbonyl (C=O) groups excluding carboxylic acids is 2. The first kappa shape index (κ1) is 21.0. The molecule has 136 valence electrons. The first-order valence-corrected chi connectivity index (χ1v) is 7.86. The topological polar surface area (TPSA) is 88.1 Å². The van der Waals surface area contributed by atoms with Crippen molar-refractivity contribution in [2.24, 2.45) is 7.05 Å². The average Bonchev–Trinajstić information content (AvgIpc) is 2.99. The van der Waals surface area contributed by atoms with Crippen molar-refractivity contribution >= 4 is 35.8 Å². The minimum atomic E-state index is -0.481. The number of benzene rings is 1. The smallest absolute Gasteiger partial charge is 0.251 e. The van der Waals surface area contributed by atoms with E-state index in [1.807, 2.05) is 0 Å². The highest BCUT2D eigenvalue weighted by atomic mass is 35.5. The monoisotopic (exact) mass is 385 g/mol. The summed E-state index contributed by atoms with van der Waals surface area (Å²) < 4.78 is 1.64. The van der Waals surface area contributed by atoms with Gasteiger partial charge in [-0.1, -0.05) is 11.6 Å². The van der Waals surface area contributed by atoms with Crippen LogP contribution in [-0.4, -0.2) is 41.7 Å². The number of nitrogens with one attached hydrogen (secondary N) is 3. The van der Waals surface area contributed by atoms with Crippen molar-refractivity contribution < 1.29 is 9.59 Å². The van der Waals surface area contributed by atoms with Gasteiger partial charge in [-0.3, -0.25) is 14.3 Å². The second-order valence-electron chi connectivity index (χ2n) is 5.22. The second kappa shape index (κ2) is 10.0. The maximum atomic E-state index is 12.2. The molecule has 0 saturated carbocycles. The largest absolute Gasteiger partial charge is 0.353 e. The van der Waals surface area contributed by atoms with Crippen molar-refractivity contribution in [3.05, 3.63) is 52.8 Å². The van der Waals surface area contributed by atoms with Gasteiger partial charge in [-0.15, -0.1) is 12.4 Å². The predicted molar refractivity (Wildman–Crippen MR) is 99.1 cm³/mol. The quantitative estimate of drug-likeness (QED) is 0.626. The van der Waals surface area contributed by atoms with Gasteiger partial charge in [0.05, 0.1) is 6.20 Å². The molecule has 25 heavy (non-hydrogen) atoms. The molecule has 1 aromatic heterocycles. The number of amides is 2. The zero-order valence-corrected chi connectivity index (χ0v) is 15.5. The molecule has 2 aromatic rings. The minimum absolute atomic E-state index is 0. The first-order chi connectivity index (χ1) is 11.5. The molecule has 0 fully saturated rings. The first-order valence-electron chi connectivity index (χ1n) is 7.48. The Hall–Kier alpha value is -2.09. The standard InChI is InChI=1S/C16H20ClN5O2.ClH/c1-18-14(12-9-21-22(2)10-12)16(24)20-8-7-19-15(23)11-3-5-13(17)6-4-11;/h3-6,9-10,14,18H,7-8H2,1-2H3,(H,19,23)(H,20,24);1H. The highest BCUT2D eigenvalue weighted by Gasteiger charge is 2.19. The highest BCUT2D eigenvalue weighted by Crippen LogP contribution is 2.11. The molecule has 7 nitrogen and oxygen atoms in total. The lowest BCUT2D eigenvalue weighted by Crippen LogP contribution is -2.40. The molecule has 9 heteroatoms. The zero-order chi connectivity index (χ0) is 17.5. The Morgan fingerprint density at radius 3 is 2.40 bits per heavy atom. The van der Waals surface area contributed by atoms with Crippen LogP contribution in [0.25, 0.3) is 0 Å². The molecule has 0 radical (unpaired) electrons. The normalized spacial score (nSPS) is 11.3. The van der Waals surface area contributed by atoms with Gasteiger partial charge in [0.2, 0.25) is 5.91 Å². The Kier molecular flexibility index (Phi) is 8.40. The molecule has 0 aliphatic heterocycles. The lowest BCUT2D eigenvalue weighted by molar-refractivity contribution is -0.123. The van der Waals surface area contributed by atoms with Crippen LogP contribution in [0.15, 0.2) is 36.7 Å². The van der Waals surface area contributed by atoms with Crippen LogP contribution in [-0.2, 0) is 11.8 Å². The fourth-order valence-corrected chi connectivity index (χ4v) is 2.33. The maximum absolute atomic E-state index is 12.2. The lowest BCUT2D eigenvalue weighted by Gasteiger charge is -2.14. The number of likely N-dealkylation sites (N-methyl/N-ethyl adjacent to an activating group) is 1. The fourth-order valence-electron chi connectivity index (χ4n) is 2.21. The molecule has 1 unspecified atom stereocenters. The minimum Gasteiger partial charge on any atom is -0.353 e. The number of hydrogen-bond acceptors (Lipinski definition) is 4. The van der Waals surface area contributed by atoms with Gasteiger partial charge < -0.3 is 16.0 Å². The molecule has 1 heterocycles. The maximum Gasteiger partial charge on any atom is 0.251 e. The highest BCUT2D eigenvalue weighted by molar-refractivity contribution is 6.30. The van der Waals surface area contributed by atoms with Crippen LogP contribution >= 0.6 is 24.0 Å². The summed E-state index contributed by atoms with van der Waals surface area (Å²) in [5.74, 6) is -0.385. The summed E-state index contributed by atoms with van der Waals surface area (Å²) in [6.07, 6.45) is 3.42. The number of halogens is 2. The van der Waals surface area contributed by atoms with Crippen molar-refractivity contribution in [3.8, 4) is 0 Å². The summed E-state index contributed by atoms with van der Waals surface area (Å²) in [4.78, 5) is 24.1. The number of aromatic nitrogens is 2. The van der Waals surface area contributed by atoms with E-state index in [2.05, 4.69) is 21.0 Å². The zero-order valence-electron chi connectivity index (χ0n) is 14.0. The van der Waals surface area contributed by atoms with E-state index in [0.717, 1.165) is 5.56 Å². The van der Waals surface area contributed by atoms with Gasteiger partial charge in [-0.05, 0) is 31.3 Å². The Bertz CT molecular complexity index is 703. The average molecular weight is 386 g/mol. The molecule has 1 atom stereocenters. The predicted octanol–water partition coefficient (Wildman–Crippen LogP) is 1.30. The summed E-state index contributed by atoms with van der Waals surface area (Å²) in [5, 5.41) is 13.1. The van der Waals surface area contributed by atoms with Crippen molar-refractivity contribution in [1.82, 2.24) is 25.7 Å². The van der Waals surface area contributed by atoms with Crippen molar-refractivity contribution in [1.29, 1.82) is 0 Å². The molecule has 0 saturated heterocycles. The number of hydrogen-bond donors (Lipinski definition) is 3. The summed E-state index contributed by atoms with van der Waals surface area (Å²) in [6.45, 7) is 0.660. The SMILES string of the molecule is CNC(C(=O)NCCNC(=O)c1ccc(Cl)cc1)c1cnn(C)c1.Cl. The number of carbonyl (C=O) groups is 2. The van der Waals surface area contributed by atoms with Crippen molar-refractivity contribution in [3.63, 3.8) is 0 Å². The Labute approximate surface area is 157 Å². The van der Waals surface area contributed by atoms with E-state index in [1.54, 1.807) is 55.4 Å². The van der Waals surface area contributed by atoms with Gasteiger partial charge in [0.25, 0.3) is 5.91 Å². The molecule has 0 bridgehead atoms. The Morgan fingerprint density at radius 1 is 1.20 bits per heavy atom. The Morgan fingerprint density at radius 2 is 1.84 bits per heavy atom. The van der Waals surface area contributed by atoms with Crippen LogP contribution in [0.2, 0.25) is 5.02 Å². The van der Waals surface area contributed by atoms with E-state index >= 15 is 0 Å². The second-order valence-corrected chi connectivity index (χ2v) is 5.66. The molecule has 0 spiro atoms. The third-order valence-corrected chi connectivity index (χ3v) is 3.68. The molecule has 3 N–H and O–H groups in total. The summed E-state index contributed by atoms with van der Waals surface area (Å²) in [6, 6.07) is 6.13. The third kappa shape index (κ3) is 6.04. The summed E-state index contributed by atoms with van der Waals surface area (Å²) in [5.41, 5.74) is 1.30. The van der Waals surface area contributed by atoms with Crippen LogP contribution < -0.4 is 16.0 Å². The van der Waals surface area contributed by atoms with Crippen LogP contribution in [0.3, 0.4) is 0 Å². The molecule has 2 rings (SSSR count). The molecular weight excluding hydrogens is 365 g/mol.